The first-order valence-corrected chi connectivity index (χ1v) is 8.17. The molecule has 0 atom stereocenters. The van der Waals surface area contributed by atoms with Gasteiger partial charge in [-0.2, -0.15) is 5.10 Å². The molecule has 2 N–H and O–H groups in total. The highest BCUT2D eigenvalue weighted by molar-refractivity contribution is 5.85. The number of anilines is 1. The van der Waals surface area contributed by atoms with E-state index in [0.29, 0.717) is 23.9 Å². The maximum Gasteiger partial charge on any atom is 0.259 e. The Kier molecular flexibility index (Phi) is 7.30. The minimum absolute atomic E-state index is 0.0737. The topological polar surface area (TPSA) is 81.2 Å². The van der Waals surface area contributed by atoms with Gasteiger partial charge in [0.2, 0.25) is 0 Å². The number of hydrogen-bond acceptors (Lipinski definition) is 6. The number of rotatable bonds is 9. The van der Waals surface area contributed by atoms with Gasteiger partial charge in [-0.1, -0.05) is 12.1 Å². The fourth-order valence-electron chi connectivity index (χ4n) is 2.22. The molecule has 7 heteroatoms. The molecule has 0 spiro atoms. The van der Waals surface area contributed by atoms with Gasteiger partial charge in [-0.15, -0.1) is 0 Å². The predicted octanol–water partition coefficient (Wildman–Crippen LogP) is 2.66. The van der Waals surface area contributed by atoms with Crippen LogP contribution in [0.25, 0.3) is 0 Å². The van der Waals surface area contributed by atoms with Gasteiger partial charge in [0.1, 0.15) is 5.75 Å². The number of methoxy groups -OCH3 is 2. The molecule has 2 rings (SSSR count). The van der Waals surface area contributed by atoms with Crippen LogP contribution in [0.5, 0.6) is 17.2 Å². The SMILES string of the molecule is CCOc1ccc(/C=N\NC(=O)CNc2ccccc2OC)cc1OC. The first-order valence-electron chi connectivity index (χ1n) is 8.17. The van der Waals surface area contributed by atoms with E-state index in [4.69, 9.17) is 14.2 Å². The molecular formula is C19H23N3O4. The second-order valence-electron chi connectivity index (χ2n) is 5.19. The Labute approximate surface area is 153 Å². The highest BCUT2D eigenvalue weighted by Gasteiger charge is 2.05. The van der Waals surface area contributed by atoms with Crippen LogP contribution < -0.4 is 25.0 Å². The lowest BCUT2D eigenvalue weighted by molar-refractivity contribution is -0.119. The van der Waals surface area contributed by atoms with Crippen LogP contribution >= 0.6 is 0 Å². The molecule has 138 valence electrons. The van der Waals surface area contributed by atoms with Crippen LogP contribution in [0.1, 0.15) is 12.5 Å². The van der Waals surface area contributed by atoms with Gasteiger partial charge in [0.25, 0.3) is 5.91 Å². The molecule has 0 aromatic heterocycles. The van der Waals surface area contributed by atoms with Gasteiger partial charge in [0.05, 0.1) is 39.3 Å². The van der Waals surface area contributed by atoms with Crippen LogP contribution in [0.3, 0.4) is 0 Å². The maximum atomic E-state index is 11.9. The highest BCUT2D eigenvalue weighted by Crippen LogP contribution is 2.27. The zero-order valence-corrected chi connectivity index (χ0v) is 15.1. The minimum Gasteiger partial charge on any atom is -0.495 e. The van der Waals surface area contributed by atoms with E-state index in [1.54, 1.807) is 32.6 Å². The Morgan fingerprint density at radius 3 is 2.58 bits per heavy atom. The Morgan fingerprint density at radius 2 is 1.85 bits per heavy atom. The summed E-state index contributed by atoms with van der Waals surface area (Å²) in [7, 11) is 3.15. The number of benzene rings is 2. The van der Waals surface area contributed by atoms with Gasteiger partial charge in [-0.3, -0.25) is 4.79 Å². The molecule has 0 fully saturated rings. The van der Waals surface area contributed by atoms with Crippen molar-refractivity contribution in [1.29, 1.82) is 0 Å². The number of ether oxygens (including phenoxy) is 3. The fourth-order valence-corrected chi connectivity index (χ4v) is 2.22. The first kappa shape index (κ1) is 19.1. The second kappa shape index (κ2) is 9.93. The van der Waals surface area contributed by atoms with Gasteiger partial charge in [0, 0.05) is 0 Å². The van der Waals surface area contributed by atoms with Crippen LogP contribution in [-0.4, -0.2) is 39.5 Å². The third-order valence-electron chi connectivity index (χ3n) is 3.44. The van der Waals surface area contributed by atoms with Gasteiger partial charge < -0.3 is 19.5 Å². The van der Waals surface area contributed by atoms with Crippen molar-refractivity contribution in [3.63, 3.8) is 0 Å². The summed E-state index contributed by atoms with van der Waals surface area (Å²) in [4.78, 5) is 11.9. The average Bonchev–Trinajstić information content (AvgIpc) is 2.67. The number of para-hydroxylation sites is 2. The molecule has 1 amide bonds. The van der Waals surface area contributed by atoms with E-state index in [0.717, 1.165) is 11.3 Å². The molecule has 0 saturated carbocycles. The highest BCUT2D eigenvalue weighted by atomic mass is 16.5. The Balaban J connectivity index is 1.88. The quantitative estimate of drug-likeness (QED) is 0.533. The second-order valence-corrected chi connectivity index (χ2v) is 5.19. The van der Waals surface area contributed by atoms with Crippen LogP contribution in [0.4, 0.5) is 5.69 Å². The van der Waals surface area contributed by atoms with Gasteiger partial charge in [0.15, 0.2) is 11.5 Å². The summed E-state index contributed by atoms with van der Waals surface area (Å²) in [5.74, 6) is 1.67. The molecule has 2 aromatic rings. The average molecular weight is 357 g/mol. The standard InChI is InChI=1S/C19H23N3O4/c1-4-26-17-10-9-14(11-18(17)25-3)12-21-22-19(23)13-20-15-7-5-6-8-16(15)24-2/h5-12,20H,4,13H2,1-3H3,(H,22,23)/b21-12-. The van der Waals surface area contributed by atoms with Gasteiger partial charge in [-0.25, -0.2) is 5.43 Å². The Morgan fingerprint density at radius 1 is 1.08 bits per heavy atom. The molecule has 0 aliphatic carbocycles. The van der Waals surface area contributed by atoms with Gasteiger partial charge >= 0.3 is 0 Å². The smallest absolute Gasteiger partial charge is 0.259 e. The van der Waals surface area contributed by atoms with Crippen LogP contribution in [-0.2, 0) is 4.79 Å². The van der Waals surface area contributed by atoms with E-state index in [2.05, 4.69) is 15.8 Å². The van der Waals surface area contributed by atoms with Crippen LogP contribution in [0, 0.1) is 0 Å². The number of nitrogens with one attached hydrogen (secondary N) is 2. The summed E-state index contributed by atoms with van der Waals surface area (Å²) >= 11 is 0. The lowest BCUT2D eigenvalue weighted by atomic mass is 10.2. The molecular weight excluding hydrogens is 334 g/mol. The molecule has 26 heavy (non-hydrogen) atoms. The normalized spacial score (nSPS) is 10.4. The van der Waals surface area contributed by atoms with Crippen molar-refractivity contribution >= 4 is 17.8 Å². The minimum atomic E-state index is -0.273. The van der Waals surface area contributed by atoms with Crippen molar-refractivity contribution in [2.75, 3.05) is 32.7 Å². The molecule has 0 aliphatic rings. The molecule has 0 bridgehead atoms. The van der Waals surface area contributed by atoms with Crippen molar-refractivity contribution < 1.29 is 19.0 Å². The predicted molar refractivity (Wildman–Crippen MR) is 101 cm³/mol. The summed E-state index contributed by atoms with van der Waals surface area (Å²) in [5.41, 5.74) is 3.99. The molecule has 0 radical (unpaired) electrons. The van der Waals surface area contributed by atoms with Gasteiger partial charge in [-0.05, 0) is 42.8 Å². The zero-order chi connectivity index (χ0) is 18.8. The van der Waals surface area contributed by atoms with Crippen molar-refractivity contribution in [2.24, 2.45) is 5.10 Å². The number of hydrazone groups is 1. The van der Waals surface area contributed by atoms with E-state index < -0.39 is 0 Å². The summed E-state index contributed by atoms with van der Waals surface area (Å²) in [5, 5.41) is 6.96. The molecule has 0 unspecified atom stereocenters. The van der Waals surface area contributed by atoms with Crippen LogP contribution in [0.15, 0.2) is 47.6 Å². The third-order valence-corrected chi connectivity index (χ3v) is 3.44. The number of nitrogens with zero attached hydrogens (tertiary/aromatic N) is 1. The van der Waals surface area contributed by atoms with Crippen molar-refractivity contribution in [2.45, 2.75) is 6.92 Å². The summed E-state index contributed by atoms with van der Waals surface area (Å²) in [6, 6.07) is 12.8. The van der Waals surface area contributed by atoms with E-state index >= 15 is 0 Å². The lowest BCUT2D eigenvalue weighted by Gasteiger charge is -2.10. The molecule has 0 heterocycles. The lowest BCUT2D eigenvalue weighted by Crippen LogP contribution is -2.26. The van der Waals surface area contributed by atoms with Crippen molar-refractivity contribution in [3.8, 4) is 17.2 Å². The summed E-state index contributed by atoms with van der Waals surface area (Å²) in [6.07, 6.45) is 1.54. The largest absolute Gasteiger partial charge is 0.495 e. The molecule has 2 aromatic carbocycles. The van der Waals surface area contributed by atoms with E-state index in [9.17, 15) is 4.79 Å². The van der Waals surface area contributed by atoms with E-state index in [1.807, 2.05) is 37.3 Å². The number of carbonyl (C=O) groups excluding carboxylic acids is 1. The summed E-state index contributed by atoms with van der Waals surface area (Å²) < 4.78 is 16.0. The first-order chi connectivity index (χ1) is 12.7. The zero-order valence-electron chi connectivity index (χ0n) is 15.1. The molecule has 0 saturated heterocycles. The Hall–Kier alpha value is -3.22. The van der Waals surface area contributed by atoms with Crippen molar-refractivity contribution in [1.82, 2.24) is 5.43 Å². The number of carbonyl (C=O) groups is 1. The fraction of sp³-hybridized carbons (Fsp3) is 0.263. The Bertz CT molecular complexity index is 762. The van der Waals surface area contributed by atoms with E-state index in [1.165, 1.54) is 0 Å². The monoisotopic (exact) mass is 357 g/mol. The summed E-state index contributed by atoms with van der Waals surface area (Å²) in [6.45, 7) is 2.53. The number of hydrogen-bond donors (Lipinski definition) is 2. The molecule has 7 nitrogen and oxygen atoms in total. The maximum absolute atomic E-state index is 11.9. The third kappa shape index (κ3) is 5.41. The van der Waals surface area contributed by atoms with Crippen molar-refractivity contribution in [3.05, 3.63) is 48.0 Å². The number of amides is 1. The van der Waals surface area contributed by atoms with Crippen LogP contribution in [0.2, 0.25) is 0 Å². The molecule has 0 aliphatic heterocycles. The van der Waals surface area contributed by atoms with E-state index in [-0.39, 0.29) is 12.5 Å².